The molecule has 0 unspecified atom stereocenters. The highest BCUT2D eigenvalue weighted by atomic mass is 16.6. The molecule has 4 nitrogen and oxygen atoms in total. The molecule has 80 valence electrons. The van der Waals surface area contributed by atoms with Crippen LogP contribution in [-0.4, -0.2) is 17.3 Å². The third-order valence-electron chi connectivity index (χ3n) is 2.49. The van der Waals surface area contributed by atoms with Crippen LogP contribution in [0.25, 0.3) is 0 Å². The van der Waals surface area contributed by atoms with Crippen molar-refractivity contribution in [1.82, 2.24) is 0 Å². The Kier molecular flexibility index (Phi) is 3.97. The summed E-state index contributed by atoms with van der Waals surface area (Å²) in [6, 6.07) is 8.37. The van der Waals surface area contributed by atoms with Gasteiger partial charge in [-0.3, -0.25) is 10.1 Å². The molecule has 15 heavy (non-hydrogen) atoms. The zero-order chi connectivity index (χ0) is 11.3. The van der Waals surface area contributed by atoms with Crippen LogP contribution in [0.15, 0.2) is 30.3 Å². The quantitative estimate of drug-likeness (QED) is 0.421. The zero-order valence-corrected chi connectivity index (χ0v) is 8.50. The van der Waals surface area contributed by atoms with Crippen LogP contribution in [0.5, 0.6) is 0 Å². The van der Waals surface area contributed by atoms with Crippen molar-refractivity contribution in [3.63, 3.8) is 0 Å². The number of benzene rings is 1. The molecule has 0 fully saturated rings. The molecule has 0 aliphatic rings. The molecule has 0 amide bonds. The Bertz CT molecular complexity index is 337. The van der Waals surface area contributed by atoms with Gasteiger partial charge in [-0.05, 0) is 5.56 Å². The van der Waals surface area contributed by atoms with Gasteiger partial charge in [0.15, 0.2) is 0 Å². The number of hydrogen-bond donors (Lipinski definition) is 0. The first-order valence-electron chi connectivity index (χ1n) is 4.79. The lowest BCUT2D eigenvalue weighted by atomic mass is 9.90. The van der Waals surface area contributed by atoms with Crippen molar-refractivity contribution in [3.8, 4) is 0 Å². The molecule has 2 atom stereocenters. The Morgan fingerprint density at radius 2 is 2.00 bits per heavy atom. The number of carbonyl (C=O) groups excluding carboxylic acids is 1. The van der Waals surface area contributed by atoms with Crippen LogP contribution in [0.1, 0.15) is 24.8 Å². The van der Waals surface area contributed by atoms with Crippen LogP contribution in [0.2, 0.25) is 0 Å². The predicted molar refractivity (Wildman–Crippen MR) is 56.3 cm³/mol. The van der Waals surface area contributed by atoms with Crippen LogP contribution in [0.4, 0.5) is 0 Å². The van der Waals surface area contributed by atoms with Gasteiger partial charge in [-0.1, -0.05) is 30.3 Å². The number of carbonyl (C=O) groups is 1. The summed E-state index contributed by atoms with van der Waals surface area (Å²) < 4.78 is 0. The van der Waals surface area contributed by atoms with Gasteiger partial charge >= 0.3 is 0 Å². The van der Waals surface area contributed by atoms with Gasteiger partial charge in [0.1, 0.15) is 6.29 Å². The van der Waals surface area contributed by atoms with Crippen LogP contribution in [0.3, 0.4) is 0 Å². The summed E-state index contributed by atoms with van der Waals surface area (Å²) in [4.78, 5) is 20.8. The number of rotatable bonds is 5. The van der Waals surface area contributed by atoms with E-state index in [1.54, 1.807) is 0 Å². The molecule has 0 aliphatic carbocycles. The Morgan fingerprint density at radius 1 is 1.40 bits per heavy atom. The SMILES string of the molecule is C[C@@H]([C@@H](CC=O)c1ccccc1)[N+](=O)[O-]. The second-order valence-electron chi connectivity index (χ2n) is 3.45. The highest BCUT2D eigenvalue weighted by molar-refractivity contribution is 5.52. The molecule has 0 aliphatic heterocycles. The standard InChI is InChI=1S/C11H13NO3/c1-9(12(14)15)11(7-8-13)10-5-3-2-4-6-10/h2-6,8-9,11H,7H2,1H3/t9-,11+/m0/s1. The molecule has 0 N–H and O–H groups in total. The molecular formula is C11H13NO3. The first kappa shape index (κ1) is 11.4. The van der Waals surface area contributed by atoms with Crippen molar-refractivity contribution in [2.24, 2.45) is 0 Å². The van der Waals surface area contributed by atoms with Crippen molar-refractivity contribution in [3.05, 3.63) is 46.0 Å². The number of nitrogens with zero attached hydrogens (tertiary/aromatic N) is 1. The van der Waals surface area contributed by atoms with Crippen molar-refractivity contribution >= 4 is 6.29 Å². The molecule has 0 heterocycles. The fraction of sp³-hybridized carbons (Fsp3) is 0.364. The van der Waals surface area contributed by atoms with Crippen LogP contribution < -0.4 is 0 Å². The summed E-state index contributed by atoms with van der Waals surface area (Å²) in [5.74, 6) is -0.335. The molecule has 0 saturated heterocycles. The highest BCUT2D eigenvalue weighted by Crippen LogP contribution is 2.23. The van der Waals surface area contributed by atoms with E-state index in [2.05, 4.69) is 0 Å². The monoisotopic (exact) mass is 207 g/mol. The first-order chi connectivity index (χ1) is 7.16. The molecule has 0 bridgehead atoms. The number of hydrogen-bond acceptors (Lipinski definition) is 3. The Morgan fingerprint density at radius 3 is 2.47 bits per heavy atom. The summed E-state index contributed by atoms with van der Waals surface area (Å²) in [5, 5.41) is 10.7. The summed E-state index contributed by atoms with van der Waals surface area (Å²) in [7, 11) is 0. The Labute approximate surface area is 88.1 Å². The van der Waals surface area contributed by atoms with E-state index < -0.39 is 6.04 Å². The van der Waals surface area contributed by atoms with Crippen LogP contribution >= 0.6 is 0 Å². The maximum Gasteiger partial charge on any atom is 0.217 e. The fourth-order valence-corrected chi connectivity index (χ4v) is 1.56. The van der Waals surface area contributed by atoms with Gasteiger partial charge in [-0.15, -0.1) is 0 Å². The minimum Gasteiger partial charge on any atom is -0.303 e. The molecule has 1 aromatic rings. The number of aldehydes is 1. The van der Waals surface area contributed by atoms with Crippen molar-refractivity contribution < 1.29 is 9.72 Å². The average molecular weight is 207 g/mol. The maximum absolute atomic E-state index is 10.7. The van der Waals surface area contributed by atoms with Gasteiger partial charge in [0, 0.05) is 18.3 Å². The zero-order valence-electron chi connectivity index (χ0n) is 8.50. The summed E-state index contributed by atoms with van der Waals surface area (Å²) in [6.07, 6.45) is 0.920. The second-order valence-corrected chi connectivity index (χ2v) is 3.45. The van der Waals surface area contributed by atoms with Crippen LogP contribution in [0, 0.1) is 10.1 Å². The Hall–Kier alpha value is -1.71. The normalized spacial score (nSPS) is 14.2. The van der Waals surface area contributed by atoms with Gasteiger partial charge in [0.05, 0.1) is 5.92 Å². The molecule has 1 aromatic carbocycles. The van der Waals surface area contributed by atoms with Gasteiger partial charge in [-0.25, -0.2) is 0 Å². The highest BCUT2D eigenvalue weighted by Gasteiger charge is 2.27. The van der Waals surface area contributed by atoms with Crippen molar-refractivity contribution in [2.75, 3.05) is 0 Å². The predicted octanol–water partition coefficient (Wildman–Crippen LogP) is 2.02. The smallest absolute Gasteiger partial charge is 0.217 e. The van der Waals surface area contributed by atoms with Crippen molar-refractivity contribution in [2.45, 2.75) is 25.3 Å². The third-order valence-corrected chi connectivity index (χ3v) is 2.49. The third kappa shape index (κ3) is 2.87. The molecule has 4 heteroatoms. The van der Waals surface area contributed by atoms with E-state index in [9.17, 15) is 14.9 Å². The van der Waals surface area contributed by atoms with E-state index >= 15 is 0 Å². The summed E-state index contributed by atoms with van der Waals surface area (Å²) in [6.45, 7) is 1.53. The average Bonchev–Trinajstić information content (AvgIpc) is 2.26. The lowest BCUT2D eigenvalue weighted by Gasteiger charge is -2.15. The lowest BCUT2D eigenvalue weighted by molar-refractivity contribution is -0.522. The second kappa shape index (κ2) is 5.24. The maximum atomic E-state index is 10.7. The summed E-state index contributed by atoms with van der Waals surface area (Å²) in [5.41, 5.74) is 0.841. The minimum absolute atomic E-state index is 0.187. The molecule has 0 radical (unpaired) electrons. The van der Waals surface area contributed by atoms with Gasteiger partial charge < -0.3 is 4.79 Å². The largest absolute Gasteiger partial charge is 0.303 e. The van der Waals surface area contributed by atoms with Gasteiger partial charge in [0.2, 0.25) is 6.04 Å². The van der Waals surface area contributed by atoms with Gasteiger partial charge in [0.25, 0.3) is 0 Å². The van der Waals surface area contributed by atoms with E-state index in [4.69, 9.17) is 0 Å². The van der Waals surface area contributed by atoms with Gasteiger partial charge in [-0.2, -0.15) is 0 Å². The van der Waals surface area contributed by atoms with E-state index in [1.807, 2.05) is 30.3 Å². The van der Waals surface area contributed by atoms with E-state index in [0.717, 1.165) is 11.8 Å². The molecule has 1 rings (SSSR count). The topological polar surface area (TPSA) is 60.2 Å². The lowest BCUT2D eigenvalue weighted by Crippen LogP contribution is -2.24. The molecule has 0 aromatic heterocycles. The first-order valence-corrected chi connectivity index (χ1v) is 4.79. The van der Waals surface area contributed by atoms with Crippen molar-refractivity contribution in [1.29, 1.82) is 0 Å². The number of nitro groups is 1. The summed E-state index contributed by atoms with van der Waals surface area (Å²) >= 11 is 0. The Balaban J connectivity index is 2.92. The molecule has 0 saturated carbocycles. The molecule has 0 spiro atoms. The minimum atomic E-state index is -0.738. The van der Waals surface area contributed by atoms with E-state index in [0.29, 0.717) is 0 Å². The van der Waals surface area contributed by atoms with E-state index in [-0.39, 0.29) is 17.3 Å². The van der Waals surface area contributed by atoms with Crippen LogP contribution in [-0.2, 0) is 4.79 Å². The fourth-order valence-electron chi connectivity index (χ4n) is 1.56. The molecular weight excluding hydrogens is 194 g/mol. The van der Waals surface area contributed by atoms with E-state index in [1.165, 1.54) is 6.92 Å².